The standard InChI is InChI=1S/C15H18O3/c1-9-5-3-6-10(2)13(9)14(16)11-7-4-8-12(11)15(17)18/h3,5-6,11-12H,4,7-8H2,1-2H3,(H,17,18). The van der Waals surface area contributed by atoms with E-state index in [1.165, 1.54) is 0 Å². The lowest BCUT2D eigenvalue weighted by Gasteiger charge is -2.17. The van der Waals surface area contributed by atoms with Gasteiger partial charge in [-0.1, -0.05) is 24.6 Å². The lowest BCUT2D eigenvalue weighted by Crippen LogP contribution is -2.26. The number of ketones is 1. The van der Waals surface area contributed by atoms with Gasteiger partial charge in [0.05, 0.1) is 5.92 Å². The summed E-state index contributed by atoms with van der Waals surface area (Å²) in [6.45, 7) is 3.82. The summed E-state index contributed by atoms with van der Waals surface area (Å²) in [5.41, 5.74) is 2.60. The topological polar surface area (TPSA) is 54.4 Å². The van der Waals surface area contributed by atoms with E-state index < -0.39 is 11.9 Å². The maximum Gasteiger partial charge on any atom is 0.307 e. The van der Waals surface area contributed by atoms with Crippen molar-refractivity contribution in [3.63, 3.8) is 0 Å². The molecule has 0 spiro atoms. The van der Waals surface area contributed by atoms with E-state index in [0.717, 1.165) is 23.1 Å². The predicted molar refractivity (Wildman–Crippen MR) is 68.7 cm³/mol. The Labute approximate surface area is 107 Å². The molecule has 0 radical (unpaired) electrons. The average molecular weight is 246 g/mol. The molecule has 0 saturated heterocycles. The minimum atomic E-state index is -0.836. The highest BCUT2D eigenvalue weighted by Gasteiger charge is 2.38. The molecule has 1 aliphatic carbocycles. The van der Waals surface area contributed by atoms with Crippen LogP contribution in [-0.4, -0.2) is 16.9 Å². The zero-order valence-electron chi connectivity index (χ0n) is 10.8. The number of hydrogen-bond acceptors (Lipinski definition) is 2. The molecule has 1 N–H and O–H groups in total. The van der Waals surface area contributed by atoms with E-state index in [1.54, 1.807) is 0 Å². The zero-order chi connectivity index (χ0) is 13.3. The normalized spacial score (nSPS) is 23.0. The summed E-state index contributed by atoms with van der Waals surface area (Å²) in [7, 11) is 0. The van der Waals surface area contributed by atoms with E-state index in [-0.39, 0.29) is 11.7 Å². The monoisotopic (exact) mass is 246 g/mol. The molecule has 2 atom stereocenters. The van der Waals surface area contributed by atoms with Crippen molar-refractivity contribution in [1.82, 2.24) is 0 Å². The van der Waals surface area contributed by atoms with Gasteiger partial charge in [0, 0.05) is 11.5 Å². The molecule has 18 heavy (non-hydrogen) atoms. The molecule has 1 aromatic carbocycles. The first-order valence-corrected chi connectivity index (χ1v) is 6.35. The van der Waals surface area contributed by atoms with E-state index in [2.05, 4.69) is 0 Å². The van der Waals surface area contributed by atoms with Crippen LogP contribution in [0.5, 0.6) is 0 Å². The molecule has 3 nitrogen and oxygen atoms in total. The van der Waals surface area contributed by atoms with Crippen LogP contribution in [0.15, 0.2) is 18.2 Å². The van der Waals surface area contributed by atoms with Crippen LogP contribution in [0.2, 0.25) is 0 Å². The first-order valence-electron chi connectivity index (χ1n) is 6.35. The largest absolute Gasteiger partial charge is 0.481 e. The molecule has 3 heteroatoms. The van der Waals surface area contributed by atoms with Crippen LogP contribution in [0.3, 0.4) is 0 Å². The Kier molecular flexibility index (Phi) is 3.50. The van der Waals surface area contributed by atoms with Crippen LogP contribution in [0.25, 0.3) is 0 Å². The van der Waals surface area contributed by atoms with Crippen LogP contribution >= 0.6 is 0 Å². The van der Waals surface area contributed by atoms with Crippen LogP contribution < -0.4 is 0 Å². The second-order valence-corrected chi connectivity index (χ2v) is 5.11. The number of carboxylic acids is 1. The number of benzene rings is 1. The minimum absolute atomic E-state index is 0.00972. The number of carboxylic acid groups (broad SMARTS) is 1. The molecule has 1 saturated carbocycles. The summed E-state index contributed by atoms with van der Waals surface area (Å²) >= 11 is 0. The molecule has 2 unspecified atom stereocenters. The van der Waals surface area contributed by atoms with E-state index in [9.17, 15) is 9.59 Å². The van der Waals surface area contributed by atoms with Gasteiger partial charge in [0.15, 0.2) is 5.78 Å². The maximum atomic E-state index is 12.5. The Morgan fingerprint density at radius 2 is 1.67 bits per heavy atom. The first kappa shape index (κ1) is 12.8. The summed E-state index contributed by atoms with van der Waals surface area (Å²) in [5.74, 6) is -1.67. The Morgan fingerprint density at radius 3 is 2.22 bits per heavy atom. The molecule has 0 amide bonds. The molecule has 1 fully saturated rings. The van der Waals surface area contributed by atoms with Gasteiger partial charge in [-0.3, -0.25) is 9.59 Å². The van der Waals surface area contributed by atoms with Gasteiger partial charge in [0.25, 0.3) is 0 Å². The first-order chi connectivity index (χ1) is 8.52. The number of rotatable bonds is 3. The number of aliphatic carboxylic acids is 1. The van der Waals surface area contributed by atoms with Crippen molar-refractivity contribution < 1.29 is 14.7 Å². The van der Waals surface area contributed by atoms with Crippen molar-refractivity contribution >= 4 is 11.8 Å². The molecule has 96 valence electrons. The smallest absolute Gasteiger partial charge is 0.307 e. The lowest BCUT2D eigenvalue weighted by atomic mass is 9.85. The molecule has 0 aromatic heterocycles. The van der Waals surface area contributed by atoms with Gasteiger partial charge in [-0.15, -0.1) is 0 Å². The third kappa shape index (κ3) is 2.17. The second kappa shape index (κ2) is 4.92. The predicted octanol–water partition coefficient (Wildman–Crippen LogP) is 2.99. The third-order valence-corrected chi connectivity index (χ3v) is 3.90. The molecule has 0 bridgehead atoms. The third-order valence-electron chi connectivity index (χ3n) is 3.90. The van der Waals surface area contributed by atoms with Crippen molar-refractivity contribution in [3.05, 3.63) is 34.9 Å². The van der Waals surface area contributed by atoms with Gasteiger partial charge in [-0.25, -0.2) is 0 Å². The second-order valence-electron chi connectivity index (χ2n) is 5.11. The van der Waals surface area contributed by atoms with Crippen LogP contribution in [0, 0.1) is 25.7 Å². The average Bonchev–Trinajstić information content (AvgIpc) is 2.77. The van der Waals surface area contributed by atoms with Gasteiger partial charge >= 0.3 is 5.97 Å². The van der Waals surface area contributed by atoms with Crippen molar-refractivity contribution in [3.8, 4) is 0 Å². The Balaban J connectivity index is 2.34. The Bertz CT molecular complexity index is 470. The molecule has 0 aliphatic heterocycles. The van der Waals surface area contributed by atoms with Crippen molar-refractivity contribution in [2.24, 2.45) is 11.8 Å². The van der Waals surface area contributed by atoms with Gasteiger partial charge in [-0.2, -0.15) is 0 Å². The minimum Gasteiger partial charge on any atom is -0.481 e. The number of carbonyl (C=O) groups is 2. The summed E-state index contributed by atoms with van der Waals surface area (Å²) in [5, 5.41) is 9.17. The Morgan fingerprint density at radius 1 is 1.11 bits per heavy atom. The Hall–Kier alpha value is -1.64. The highest BCUT2D eigenvalue weighted by molar-refractivity contribution is 6.02. The van der Waals surface area contributed by atoms with E-state index in [4.69, 9.17) is 5.11 Å². The van der Waals surface area contributed by atoms with E-state index >= 15 is 0 Å². The van der Waals surface area contributed by atoms with Crippen LogP contribution in [-0.2, 0) is 4.79 Å². The summed E-state index contributed by atoms with van der Waals surface area (Å²) in [4.78, 5) is 23.7. The van der Waals surface area contributed by atoms with Gasteiger partial charge in [-0.05, 0) is 37.8 Å². The van der Waals surface area contributed by atoms with Crippen LogP contribution in [0.1, 0.15) is 40.7 Å². The zero-order valence-corrected chi connectivity index (χ0v) is 10.8. The van der Waals surface area contributed by atoms with Crippen LogP contribution in [0.4, 0.5) is 0 Å². The number of hydrogen-bond donors (Lipinski definition) is 1. The highest BCUT2D eigenvalue weighted by atomic mass is 16.4. The summed E-state index contributed by atoms with van der Waals surface area (Å²) in [6, 6.07) is 5.74. The quantitative estimate of drug-likeness (QED) is 0.834. The molecular formula is C15H18O3. The van der Waals surface area contributed by atoms with Gasteiger partial charge in [0.1, 0.15) is 0 Å². The van der Waals surface area contributed by atoms with E-state index in [0.29, 0.717) is 12.8 Å². The van der Waals surface area contributed by atoms with Crippen molar-refractivity contribution in [1.29, 1.82) is 0 Å². The number of Topliss-reactive ketones (excluding diaryl/α,β-unsaturated/α-hetero) is 1. The molecular weight excluding hydrogens is 228 g/mol. The van der Waals surface area contributed by atoms with Gasteiger partial charge in [0.2, 0.25) is 0 Å². The van der Waals surface area contributed by atoms with Gasteiger partial charge < -0.3 is 5.11 Å². The summed E-state index contributed by atoms with van der Waals surface area (Å²) < 4.78 is 0. The molecule has 2 rings (SSSR count). The number of carbonyl (C=O) groups excluding carboxylic acids is 1. The fourth-order valence-electron chi connectivity index (χ4n) is 2.96. The molecule has 0 heterocycles. The van der Waals surface area contributed by atoms with Crippen molar-refractivity contribution in [2.45, 2.75) is 33.1 Å². The SMILES string of the molecule is Cc1cccc(C)c1C(=O)C1CCCC1C(=O)O. The lowest BCUT2D eigenvalue weighted by molar-refractivity contribution is -0.142. The molecule has 1 aliphatic rings. The fourth-order valence-corrected chi connectivity index (χ4v) is 2.96. The fraction of sp³-hybridized carbons (Fsp3) is 0.467. The number of aryl methyl sites for hydroxylation is 2. The molecule has 1 aromatic rings. The van der Waals surface area contributed by atoms with E-state index in [1.807, 2.05) is 32.0 Å². The van der Waals surface area contributed by atoms with Crippen molar-refractivity contribution in [2.75, 3.05) is 0 Å². The summed E-state index contributed by atoms with van der Waals surface area (Å²) in [6.07, 6.45) is 2.15. The maximum absolute atomic E-state index is 12.5. The highest BCUT2D eigenvalue weighted by Crippen LogP contribution is 2.35.